The molecule has 0 saturated carbocycles. The molecule has 0 aliphatic carbocycles. The van der Waals surface area contributed by atoms with Crippen LogP contribution in [0, 0.1) is 12.7 Å². The molecule has 0 heterocycles. The second-order valence-corrected chi connectivity index (χ2v) is 4.67. The van der Waals surface area contributed by atoms with E-state index in [1.165, 1.54) is 12.1 Å². The minimum absolute atomic E-state index is 0.310. The number of carboxylic acids is 1. The van der Waals surface area contributed by atoms with Crippen molar-refractivity contribution in [2.75, 3.05) is 0 Å². The molecule has 108 valence electrons. The smallest absolute Gasteiger partial charge is 0.330 e. The van der Waals surface area contributed by atoms with E-state index in [9.17, 15) is 19.1 Å². The normalized spacial score (nSPS) is 11.7. The summed E-state index contributed by atoms with van der Waals surface area (Å²) in [5.41, 5.74) is 1.59. The van der Waals surface area contributed by atoms with Crippen LogP contribution in [-0.4, -0.2) is 17.0 Å². The summed E-state index contributed by atoms with van der Waals surface area (Å²) in [5.74, 6) is -2.16. The van der Waals surface area contributed by atoms with E-state index in [0.29, 0.717) is 11.1 Å². The number of rotatable bonds is 4. The maximum atomic E-state index is 12.9. The molecule has 1 atom stereocenters. The van der Waals surface area contributed by atoms with Crippen LogP contribution in [0.1, 0.15) is 27.5 Å². The zero-order chi connectivity index (χ0) is 15.4. The predicted octanol–water partition coefficient (Wildman–Crippen LogP) is 2.69. The lowest BCUT2D eigenvalue weighted by Crippen LogP contribution is -2.33. The fourth-order valence-electron chi connectivity index (χ4n) is 1.94. The lowest BCUT2D eigenvalue weighted by atomic mass is 10.1. The van der Waals surface area contributed by atoms with Gasteiger partial charge in [-0.05, 0) is 36.8 Å². The molecule has 0 spiro atoms. The summed E-state index contributed by atoms with van der Waals surface area (Å²) in [7, 11) is 0. The number of hydrogen-bond donors (Lipinski definition) is 2. The number of benzene rings is 2. The van der Waals surface area contributed by atoms with Crippen molar-refractivity contribution in [1.29, 1.82) is 0 Å². The average Bonchev–Trinajstić information content (AvgIpc) is 2.45. The van der Waals surface area contributed by atoms with E-state index < -0.39 is 23.7 Å². The van der Waals surface area contributed by atoms with Gasteiger partial charge in [0.05, 0.1) is 0 Å². The molecule has 2 N–H and O–H groups in total. The zero-order valence-corrected chi connectivity index (χ0v) is 11.3. The number of carbonyl (C=O) groups excluding carboxylic acids is 1. The van der Waals surface area contributed by atoms with E-state index in [1.54, 1.807) is 18.2 Å². The van der Waals surface area contributed by atoms with Gasteiger partial charge in [0.25, 0.3) is 5.91 Å². The average molecular weight is 287 g/mol. The molecule has 4 nitrogen and oxygen atoms in total. The van der Waals surface area contributed by atoms with Gasteiger partial charge in [-0.1, -0.05) is 29.8 Å². The van der Waals surface area contributed by atoms with Crippen molar-refractivity contribution in [3.63, 3.8) is 0 Å². The van der Waals surface area contributed by atoms with Gasteiger partial charge >= 0.3 is 5.97 Å². The summed E-state index contributed by atoms with van der Waals surface area (Å²) in [6.07, 6.45) is 0. The van der Waals surface area contributed by atoms with Crippen LogP contribution in [0.5, 0.6) is 0 Å². The van der Waals surface area contributed by atoms with Gasteiger partial charge in [0.1, 0.15) is 5.82 Å². The molecule has 0 aliphatic rings. The van der Waals surface area contributed by atoms with Crippen LogP contribution in [-0.2, 0) is 4.79 Å². The van der Waals surface area contributed by atoms with E-state index in [2.05, 4.69) is 5.32 Å². The van der Waals surface area contributed by atoms with Crippen molar-refractivity contribution in [3.05, 3.63) is 71.0 Å². The third-order valence-electron chi connectivity index (χ3n) is 3.01. The predicted molar refractivity (Wildman–Crippen MR) is 75.4 cm³/mol. The summed E-state index contributed by atoms with van der Waals surface area (Å²) >= 11 is 0. The number of aliphatic carboxylic acids is 1. The lowest BCUT2D eigenvalue weighted by molar-refractivity contribution is -0.139. The molecule has 1 amide bonds. The quantitative estimate of drug-likeness (QED) is 0.908. The van der Waals surface area contributed by atoms with Gasteiger partial charge in [0.2, 0.25) is 0 Å². The highest BCUT2D eigenvalue weighted by molar-refractivity contribution is 5.96. The summed E-state index contributed by atoms with van der Waals surface area (Å²) in [4.78, 5) is 23.4. The standard InChI is InChI=1S/C16H14FNO3/c1-10-3-2-4-12(9-10)15(19)18-14(16(20)21)11-5-7-13(17)8-6-11/h2-9,14H,1H3,(H,18,19)(H,20,21). The summed E-state index contributed by atoms with van der Waals surface area (Å²) in [6.45, 7) is 1.84. The van der Waals surface area contributed by atoms with E-state index in [1.807, 2.05) is 13.0 Å². The van der Waals surface area contributed by atoms with Crippen molar-refractivity contribution in [1.82, 2.24) is 5.32 Å². The largest absolute Gasteiger partial charge is 0.479 e. The van der Waals surface area contributed by atoms with E-state index in [-0.39, 0.29) is 0 Å². The number of carbonyl (C=O) groups is 2. The van der Waals surface area contributed by atoms with Crippen molar-refractivity contribution in [2.24, 2.45) is 0 Å². The molecule has 1 unspecified atom stereocenters. The Labute approximate surface area is 121 Å². The Balaban J connectivity index is 2.22. The molecule has 0 aromatic heterocycles. The highest BCUT2D eigenvalue weighted by Crippen LogP contribution is 2.15. The molecule has 21 heavy (non-hydrogen) atoms. The first-order valence-electron chi connectivity index (χ1n) is 6.33. The second-order valence-electron chi connectivity index (χ2n) is 4.67. The first-order chi connectivity index (χ1) is 9.97. The van der Waals surface area contributed by atoms with Crippen LogP contribution >= 0.6 is 0 Å². The van der Waals surface area contributed by atoms with Gasteiger partial charge < -0.3 is 10.4 Å². The highest BCUT2D eigenvalue weighted by atomic mass is 19.1. The minimum atomic E-state index is -1.22. The van der Waals surface area contributed by atoms with E-state index in [0.717, 1.165) is 17.7 Å². The van der Waals surface area contributed by atoms with Crippen LogP contribution in [0.4, 0.5) is 4.39 Å². The number of amides is 1. The summed E-state index contributed by atoms with van der Waals surface area (Å²) in [6, 6.07) is 10.6. The van der Waals surface area contributed by atoms with E-state index >= 15 is 0 Å². The van der Waals surface area contributed by atoms with Crippen molar-refractivity contribution < 1.29 is 19.1 Å². The molecule has 0 fully saturated rings. The Morgan fingerprint density at radius 2 is 1.81 bits per heavy atom. The summed E-state index contributed by atoms with van der Waals surface area (Å²) < 4.78 is 12.9. The topological polar surface area (TPSA) is 66.4 Å². The van der Waals surface area contributed by atoms with Gasteiger partial charge in [0, 0.05) is 5.56 Å². The fourth-order valence-corrected chi connectivity index (χ4v) is 1.94. The second kappa shape index (κ2) is 6.17. The van der Waals surface area contributed by atoms with Gasteiger partial charge in [-0.25, -0.2) is 9.18 Å². The van der Waals surface area contributed by atoms with Crippen LogP contribution in [0.3, 0.4) is 0 Å². The number of carboxylic acid groups (broad SMARTS) is 1. The minimum Gasteiger partial charge on any atom is -0.479 e. The molecule has 0 bridgehead atoms. The third kappa shape index (κ3) is 3.66. The molecule has 2 aromatic rings. The maximum absolute atomic E-state index is 12.9. The molecule has 2 rings (SSSR count). The molecule has 0 aliphatic heterocycles. The Kier molecular flexibility index (Phi) is 4.33. The number of nitrogens with one attached hydrogen (secondary N) is 1. The number of halogens is 1. The Hall–Kier alpha value is -2.69. The Morgan fingerprint density at radius 3 is 2.38 bits per heavy atom. The molecule has 2 aromatic carbocycles. The SMILES string of the molecule is Cc1cccc(C(=O)NC(C(=O)O)c2ccc(F)cc2)c1. The molecule has 5 heteroatoms. The third-order valence-corrected chi connectivity index (χ3v) is 3.01. The Bertz CT molecular complexity index is 667. The van der Waals surface area contributed by atoms with Crippen LogP contribution in [0.2, 0.25) is 0 Å². The lowest BCUT2D eigenvalue weighted by Gasteiger charge is -2.15. The number of aryl methyl sites for hydroxylation is 1. The highest BCUT2D eigenvalue weighted by Gasteiger charge is 2.22. The van der Waals surface area contributed by atoms with Gasteiger partial charge in [-0.3, -0.25) is 4.79 Å². The van der Waals surface area contributed by atoms with Crippen LogP contribution in [0.25, 0.3) is 0 Å². The van der Waals surface area contributed by atoms with Gasteiger partial charge in [0.15, 0.2) is 6.04 Å². The molecule has 0 radical (unpaired) electrons. The van der Waals surface area contributed by atoms with Crippen molar-refractivity contribution in [2.45, 2.75) is 13.0 Å². The monoisotopic (exact) mass is 287 g/mol. The van der Waals surface area contributed by atoms with Crippen LogP contribution < -0.4 is 5.32 Å². The summed E-state index contributed by atoms with van der Waals surface area (Å²) in [5, 5.41) is 11.7. The molecular weight excluding hydrogens is 273 g/mol. The van der Waals surface area contributed by atoms with Gasteiger partial charge in [-0.2, -0.15) is 0 Å². The van der Waals surface area contributed by atoms with E-state index in [4.69, 9.17) is 0 Å². The maximum Gasteiger partial charge on any atom is 0.330 e. The van der Waals surface area contributed by atoms with Crippen molar-refractivity contribution in [3.8, 4) is 0 Å². The zero-order valence-electron chi connectivity index (χ0n) is 11.3. The van der Waals surface area contributed by atoms with Gasteiger partial charge in [-0.15, -0.1) is 0 Å². The molecule has 0 saturated heterocycles. The Morgan fingerprint density at radius 1 is 1.14 bits per heavy atom. The fraction of sp³-hybridized carbons (Fsp3) is 0.125. The first kappa shape index (κ1) is 14.7. The molecular formula is C16H14FNO3. The van der Waals surface area contributed by atoms with Crippen LogP contribution in [0.15, 0.2) is 48.5 Å². The van der Waals surface area contributed by atoms with Crippen molar-refractivity contribution >= 4 is 11.9 Å². The first-order valence-corrected chi connectivity index (χ1v) is 6.33. The number of hydrogen-bond acceptors (Lipinski definition) is 2.